The maximum absolute atomic E-state index is 12.1. The zero-order valence-corrected chi connectivity index (χ0v) is 11.1. The van der Waals surface area contributed by atoms with Gasteiger partial charge in [-0.15, -0.1) is 0 Å². The van der Waals surface area contributed by atoms with Crippen LogP contribution < -0.4 is 9.47 Å². The normalized spacial score (nSPS) is 20.8. The number of methoxy groups -OCH3 is 2. The van der Waals surface area contributed by atoms with Gasteiger partial charge in [-0.25, -0.2) is 0 Å². The quantitative estimate of drug-likeness (QED) is 0.817. The maximum Gasteiger partial charge on any atom is 0.154 e. The number of carbonyl (C=O) groups excluding carboxylic acids is 1. The molecule has 0 aliphatic carbocycles. The highest BCUT2D eigenvalue weighted by atomic mass is 16.5. The number of ether oxygens (including phenoxy) is 2. The lowest BCUT2D eigenvalue weighted by Crippen LogP contribution is -2.37. The molecule has 1 aliphatic rings. The SMILES string of the molecule is COc1ccc(C2CCN(C)CC2=O)c(OC)c1. The van der Waals surface area contributed by atoms with Gasteiger partial charge in [0.2, 0.25) is 0 Å². The van der Waals surface area contributed by atoms with Gasteiger partial charge in [0.1, 0.15) is 11.5 Å². The first-order valence-corrected chi connectivity index (χ1v) is 6.09. The predicted octanol–water partition coefficient (Wildman–Crippen LogP) is 1.69. The summed E-state index contributed by atoms with van der Waals surface area (Å²) in [7, 11) is 5.21. The molecule has 4 nitrogen and oxygen atoms in total. The molecule has 1 heterocycles. The number of carbonyl (C=O) groups is 1. The Morgan fingerprint density at radius 2 is 2.06 bits per heavy atom. The molecular formula is C14H19NO3. The maximum atomic E-state index is 12.1. The summed E-state index contributed by atoms with van der Waals surface area (Å²) in [5, 5.41) is 0. The first kappa shape index (κ1) is 12.9. The zero-order valence-electron chi connectivity index (χ0n) is 11.1. The largest absolute Gasteiger partial charge is 0.497 e. The molecule has 1 aromatic rings. The van der Waals surface area contributed by atoms with Gasteiger partial charge >= 0.3 is 0 Å². The van der Waals surface area contributed by atoms with E-state index in [9.17, 15) is 4.79 Å². The van der Waals surface area contributed by atoms with Gasteiger partial charge in [0.05, 0.1) is 20.8 Å². The third-order valence-corrected chi connectivity index (χ3v) is 3.43. The van der Waals surface area contributed by atoms with Crippen molar-refractivity contribution in [3.63, 3.8) is 0 Å². The Labute approximate surface area is 107 Å². The van der Waals surface area contributed by atoms with Gasteiger partial charge in [-0.1, -0.05) is 6.07 Å². The second-order valence-electron chi connectivity index (χ2n) is 4.65. The highest BCUT2D eigenvalue weighted by Crippen LogP contribution is 2.34. The number of piperidine rings is 1. The van der Waals surface area contributed by atoms with Crippen LogP contribution in [-0.2, 0) is 4.79 Å². The number of Topliss-reactive ketones (excluding diaryl/α,β-unsaturated/α-hetero) is 1. The van der Waals surface area contributed by atoms with Crippen LogP contribution in [0.4, 0.5) is 0 Å². The van der Waals surface area contributed by atoms with Crippen LogP contribution >= 0.6 is 0 Å². The zero-order chi connectivity index (χ0) is 13.1. The standard InChI is InChI=1S/C14H19NO3/c1-15-7-6-11(13(16)9-15)12-5-4-10(17-2)8-14(12)18-3/h4-5,8,11H,6-7,9H2,1-3H3. The van der Waals surface area contributed by atoms with E-state index in [-0.39, 0.29) is 11.7 Å². The smallest absolute Gasteiger partial charge is 0.154 e. The van der Waals surface area contributed by atoms with E-state index in [1.165, 1.54) is 0 Å². The van der Waals surface area contributed by atoms with Crippen molar-refractivity contribution < 1.29 is 14.3 Å². The summed E-state index contributed by atoms with van der Waals surface area (Å²) < 4.78 is 10.5. The van der Waals surface area contributed by atoms with Gasteiger partial charge in [0.25, 0.3) is 0 Å². The number of rotatable bonds is 3. The number of hydrogen-bond acceptors (Lipinski definition) is 4. The van der Waals surface area contributed by atoms with E-state index in [1.54, 1.807) is 14.2 Å². The van der Waals surface area contributed by atoms with Crippen molar-refractivity contribution >= 4 is 5.78 Å². The topological polar surface area (TPSA) is 38.8 Å². The van der Waals surface area contributed by atoms with Crippen molar-refractivity contribution in [2.24, 2.45) is 0 Å². The molecule has 1 aliphatic heterocycles. The number of likely N-dealkylation sites (tertiary alicyclic amines) is 1. The van der Waals surface area contributed by atoms with Gasteiger partial charge in [-0.05, 0) is 26.1 Å². The Morgan fingerprint density at radius 3 is 2.67 bits per heavy atom. The van der Waals surface area contributed by atoms with Crippen LogP contribution in [0.2, 0.25) is 0 Å². The van der Waals surface area contributed by atoms with Crippen LogP contribution in [0.3, 0.4) is 0 Å². The molecule has 0 radical (unpaired) electrons. The predicted molar refractivity (Wildman–Crippen MR) is 69.4 cm³/mol. The van der Waals surface area contributed by atoms with Gasteiger partial charge in [-0.3, -0.25) is 9.69 Å². The summed E-state index contributed by atoms with van der Waals surface area (Å²) in [5.41, 5.74) is 0.969. The third kappa shape index (κ3) is 2.48. The number of nitrogens with zero attached hydrogens (tertiary/aromatic N) is 1. The average molecular weight is 249 g/mol. The summed E-state index contributed by atoms with van der Waals surface area (Å²) in [6.07, 6.45) is 0.845. The number of ketones is 1. The molecule has 98 valence electrons. The molecule has 0 N–H and O–H groups in total. The summed E-state index contributed by atoms with van der Waals surface area (Å²) in [5.74, 6) is 1.68. The summed E-state index contributed by atoms with van der Waals surface area (Å²) in [6.45, 7) is 1.45. The van der Waals surface area contributed by atoms with Gasteiger partial charge in [0.15, 0.2) is 5.78 Å². The number of benzene rings is 1. The molecule has 0 saturated carbocycles. The van der Waals surface area contributed by atoms with Crippen LogP contribution in [0.5, 0.6) is 11.5 Å². The Balaban J connectivity index is 2.29. The van der Waals surface area contributed by atoms with Crippen molar-refractivity contribution in [3.05, 3.63) is 23.8 Å². The monoisotopic (exact) mass is 249 g/mol. The molecule has 1 unspecified atom stereocenters. The van der Waals surface area contributed by atoms with E-state index < -0.39 is 0 Å². The van der Waals surface area contributed by atoms with E-state index in [2.05, 4.69) is 4.90 Å². The Kier molecular flexibility index (Phi) is 3.87. The first-order chi connectivity index (χ1) is 8.65. The fraction of sp³-hybridized carbons (Fsp3) is 0.500. The van der Waals surface area contributed by atoms with E-state index in [4.69, 9.17) is 9.47 Å². The van der Waals surface area contributed by atoms with E-state index in [0.717, 1.165) is 30.0 Å². The minimum absolute atomic E-state index is 0.0537. The highest BCUT2D eigenvalue weighted by molar-refractivity contribution is 5.89. The minimum Gasteiger partial charge on any atom is -0.497 e. The molecule has 1 saturated heterocycles. The second kappa shape index (κ2) is 5.40. The van der Waals surface area contributed by atoms with Gasteiger partial charge < -0.3 is 9.47 Å². The van der Waals surface area contributed by atoms with Crippen molar-refractivity contribution in [3.8, 4) is 11.5 Å². The van der Waals surface area contributed by atoms with Crippen molar-refractivity contribution in [1.82, 2.24) is 4.90 Å². The summed E-state index contributed by atoms with van der Waals surface area (Å²) >= 11 is 0. The molecule has 1 fully saturated rings. The molecule has 4 heteroatoms. The lowest BCUT2D eigenvalue weighted by atomic mass is 9.88. The van der Waals surface area contributed by atoms with E-state index >= 15 is 0 Å². The van der Waals surface area contributed by atoms with Gasteiger partial charge in [0, 0.05) is 17.5 Å². The molecule has 0 bridgehead atoms. The summed E-state index contributed by atoms with van der Waals surface area (Å²) in [6, 6.07) is 5.65. The number of hydrogen-bond donors (Lipinski definition) is 0. The average Bonchev–Trinajstić information content (AvgIpc) is 2.38. The van der Waals surface area contributed by atoms with E-state index in [0.29, 0.717) is 6.54 Å². The second-order valence-corrected chi connectivity index (χ2v) is 4.65. The molecule has 1 atom stereocenters. The summed E-state index contributed by atoms with van der Waals surface area (Å²) in [4.78, 5) is 14.1. The van der Waals surface area contributed by atoms with Crippen molar-refractivity contribution in [2.45, 2.75) is 12.3 Å². The molecule has 0 spiro atoms. The van der Waals surface area contributed by atoms with Crippen molar-refractivity contribution in [1.29, 1.82) is 0 Å². The molecule has 0 aromatic heterocycles. The Morgan fingerprint density at radius 1 is 1.28 bits per heavy atom. The van der Waals surface area contributed by atoms with Crippen LogP contribution in [0.1, 0.15) is 17.9 Å². The molecular weight excluding hydrogens is 230 g/mol. The fourth-order valence-corrected chi connectivity index (χ4v) is 2.40. The minimum atomic E-state index is -0.0537. The Bertz CT molecular complexity index is 445. The van der Waals surface area contributed by atoms with Crippen LogP contribution in [0.15, 0.2) is 18.2 Å². The van der Waals surface area contributed by atoms with Crippen LogP contribution in [0, 0.1) is 0 Å². The van der Waals surface area contributed by atoms with Crippen molar-refractivity contribution in [2.75, 3.05) is 34.4 Å². The lowest BCUT2D eigenvalue weighted by Gasteiger charge is -2.28. The molecule has 18 heavy (non-hydrogen) atoms. The molecule has 2 rings (SSSR count). The third-order valence-electron chi connectivity index (χ3n) is 3.43. The highest BCUT2D eigenvalue weighted by Gasteiger charge is 2.28. The molecule has 1 aromatic carbocycles. The Hall–Kier alpha value is -1.55. The van der Waals surface area contributed by atoms with Crippen LogP contribution in [0.25, 0.3) is 0 Å². The van der Waals surface area contributed by atoms with E-state index in [1.807, 2.05) is 25.2 Å². The first-order valence-electron chi connectivity index (χ1n) is 6.09. The fourth-order valence-electron chi connectivity index (χ4n) is 2.40. The van der Waals surface area contributed by atoms with Gasteiger partial charge in [-0.2, -0.15) is 0 Å². The molecule has 0 amide bonds. The number of likely N-dealkylation sites (N-methyl/N-ethyl adjacent to an activating group) is 1. The van der Waals surface area contributed by atoms with Crippen LogP contribution in [-0.4, -0.2) is 45.0 Å². The lowest BCUT2D eigenvalue weighted by molar-refractivity contribution is -0.123.